The standard InChI is InChI=1S/8O.2V.W/q;;;5*-2;;;. The zero-order valence-electron chi connectivity index (χ0n) is 4.57. The minimum Gasteiger partial charge on any atom is 0 e. The molecule has 0 heterocycles. The Balaban J connectivity index is -0.00000000214. The third-order valence-corrected chi connectivity index (χ3v) is 0. The fraction of sp³-hybridized carbons (Fsp3) is 0. The maximum Gasteiger partial charge on any atom is 0 e. The Hall–Kier alpha value is 1.06. The molecule has 0 saturated heterocycles. The monoisotopic (exact) mass is 414 g/mol. The molecule has 0 amide bonds. The Morgan fingerprint density at radius 1 is 0.545 bits per heavy atom. The van der Waals surface area contributed by atoms with Gasteiger partial charge in [0.05, 0.1) is 0 Å². The summed E-state index contributed by atoms with van der Waals surface area (Å²) in [5.74, 6) is 0. The van der Waals surface area contributed by atoms with Gasteiger partial charge in [-0.3, -0.25) is 0 Å². The SMILES string of the molecule is [O-2].[O-2].[O-2].[O-2].[O-2].[O]=[W](=[O])=[O].[V].[V]. The Bertz CT molecular complexity index is 81.5. The largest absolute Gasteiger partial charge is 0 e. The second kappa shape index (κ2) is 67.9. The van der Waals surface area contributed by atoms with E-state index in [0.29, 0.717) is 0 Å². The van der Waals surface area contributed by atoms with Crippen molar-refractivity contribution < 1.29 is 91.9 Å². The van der Waals surface area contributed by atoms with Crippen LogP contribution in [0.15, 0.2) is 0 Å². The van der Waals surface area contributed by atoms with Crippen LogP contribution in [0.1, 0.15) is 0 Å². The zero-order valence-corrected chi connectivity index (χ0v) is 10.3. The molecule has 0 rings (SSSR count). The molecule has 0 fully saturated rings. The third-order valence-electron chi connectivity index (χ3n) is 0. The molecule has 0 bridgehead atoms. The second-order valence-electron chi connectivity index (χ2n) is 0.204. The van der Waals surface area contributed by atoms with Gasteiger partial charge < -0.3 is 27.4 Å². The molecule has 0 unspecified atom stereocenters. The van der Waals surface area contributed by atoms with Crippen LogP contribution in [0.4, 0.5) is 0 Å². The molecule has 0 aromatic heterocycles. The fourth-order valence-corrected chi connectivity index (χ4v) is 0. The minimum atomic E-state index is -4.28. The van der Waals surface area contributed by atoms with Gasteiger partial charge in [0.2, 0.25) is 0 Å². The van der Waals surface area contributed by atoms with Crippen molar-refractivity contribution in [3.63, 3.8) is 0 Å². The van der Waals surface area contributed by atoms with Gasteiger partial charge in [-0.1, -0.05) is 0 Å². The Kier molecular flexibility index (Phi) is 553. The van der Waals surface area contributed by atoms with Crippen LogP contribution in [0, 0.1) is 0 Å². The van der Waals surface area contributed by atoms with E-state index in [1.165, 1.54) is 0 Å². The number of hydrogen-bond acceptors (Lipinski definition) is 3. The van der Waals surface area contributed by atoms with Gasteiger partial charge in [-0.15, -0.1) is 0 Å². The topological polar surface area (TPSA) is 194 Å². The molecule has 0 aliphatic rings. The predicted octanol–water partition coefficient (Wildman–Crippen LogP) is -0.958. The molecule has 0 N–H and O–H groups in total. The molecule has 0 aliphatic carbocycles. The van der Waals surface area contributed by atoms with Crippen LogP contribution in [-0.2, 0) is 91.9 Å². The fourth-order valence-electron chi connectivity index (χ4n) is 0. The van der Waals surface area contributed by atoms with Crippen LogP contribution in [0.5, 0.6) is 0 Å². The summed E-state index contributed by atoms with van der Waals surface area (Å²) >= 11 is -4.28. The van der Waals surface area contributed by atoms with Crippen molar-refractivity contribution in [2.45, 2.75) is 0 Å². The van der Waals surface area contributed by atoms with Gasteiger partial charge in [0.25, 0.3) is 0 Å². The second-order valence-corrected chi connectivity index (χ2v) is 1.67. The van der Waals surface area contributed by atoms with Gasteiger partial charge in [-0.2, -0.15) is 0 Å². The molecule has 0 aromatic carbocycles. The van der Waals surface area contributed by atoms with Crippen LogP contribution in [-0.4, -0.2) is 0 Å². The van der Waals surface area contributed by atoms with E-state index in [4.69, 9.17) is 10.2 Å². The zero-order chi connectivity index (χ0) is 3.58. The first-order valence-corrected chi connectivity index (χ1v) is 4.09. The van der Waals surface area contributed by atoms with E-state index >= 15 is 0 Å². The molecular formula is O8V2W-10. The van der Waals surface area contributed by atoms with E-state index in [0.717, 1.165) is 0 Å². The van der Waals surface area contributed by atoms with Gasteiger partial charge in [-0.25, -0.2) is 0 Å². The normalized spacial score (nSPS) is 2.18. The molecule has 11 heavy (non-hydrogen) atoms. The summed E-state index contributed by atoms with van der Waals surface area (Å²) in [5.41, 5.74) is 0. The molecule has 11 heteroatoms. The first-order valence-electron chi connectivity index (χ1n) is 0.500. The maximum absolute atomic E-state index is 8.61. The predicted molar refractivity (Wildman–Crippen MR) is 5.49 cm³/mol. The van der Waals surface area contributed by atoms with Crippen molar-refractivity contribution in [2.24, 2.45) is 0 Å². The molecule has 0 aromatic rings. The van der Waals surface area contributed by atoms with Gasteiger partial charge >= 0.3 is 27.4 Å². The summed E-state index contributed by atoms with van der Waals surface area (Å²) in [6.07, 6.45) is 0. The van der Waals surface area contributed by atoms with Gasteiger partial charge in [0.15, 0.2) is 0 Å². The van der Waals surface area contributed by atoms with Gasteiger partial charge in [0.1, 0.15) is 0 Å². The minimum absolute atomic E-state index is 0. The van der Waals surface area contributed by atoms with Crippen molar-refractivity contribution in [3.8, 4) is 0 Å². The van der Waals surface area contributed by atoms with Crippen molar-refractivity contribution >= 4 is 0 Å². The van der Waals surface area contributed by atoms with Crippen LogP contribution >= 0.6 is 0 Å². The van der Waals surface area contributed by atoms with Crippen molar-refractivity contribution in [2.75, 3.05) is 0 Å². The summed E-state index contributed by atoms with van der Waals surface area (Å²) in [4.78, 5) is 0. The van der Waals surface area contributed by atoms with Crippen LogP contribution in [0.25, 0.3) is 0 Å². The molecular weight excluding hydrogens is 414 g/mol. The molecule has 0 atom stereocenters. The smallest absolute Gasteiger partial charge is 0 e. The van der Waals surface area contributed by atoms with E-state index in [9.17, 15) is 0 Å². The first kappa shape index (κ1) is 89.6. The van der Waals surface area contributed by atoms with E-state index in [1.54, 1.807) is 0 Å². The van der Waals surface area contributed by atoms with Crippen molar-refractivity contribution in [1.82, 2.24) is 0 Å². The summed E-state index contributed by atoms with van der Waals surface area (Å²) < 4.78 is 25.8. The van der Waals surface area contributed by atoms with E-state index in [-0.39, 0.29) is 64.5 Å². The third kappa shape index (κ3) is 812. The average molecular weight is 414 g/mol. The Morgan fingerprint density at radius 3 is 0.545 bits per heavy atom. The number of hydrogen-bond donors (Lipinski definition) is 0. The van der Waals surface area contributed by atoms with E-state index in [2.05, 4.69) is 0 Å². The Labute approximate surface area is 91.5 Å². The van der Waals surface area contributed by atoms with Gasteiger partial charge in [-0.05, 0) is 0 Å². The molecule has 0 saturated carbocycles. The van der Waals surface area contributed by atoms with Crippen LogP contribution in [0.3, 0.4) is 0 Å². The van der Waals surface area contributed by atoms with Crippen LogP contribution < -0.4 is 0 Å². The quantitative estimate of drug-likeness (QED) is 0.494. The molecule has 0 aliphatic heterocycles. The first-order chi connectivity index (χ1) is 1.73. The van der Waals surface area contributed by atoms with Crippen molar-refractivity contribution in [3.05, 3.63) is 0 Å². The van der Waals surface area contributed by atoms with E-state index in [1.807, 2.05) is 0 Å². The van der Waals surface area contributed by atoms with E-state index < -0.39 is 17.2 Å². The maximum atomic E-state index is 8.61. The average Bonchev–Trinajstić information content (AvgIpc) is 0.811. The molecule has 2 radical (unpaired) electrons. The van der Waals surface area contributed by atoms with Crippen molar-refractivity contribution in [1.29, 1.82) is 0 Å². The Morgan fingerprint density at radius 2 is 0.545 bits per heavy atom. The summed E-state index contributed by atoms with van der Waals surface area (Å²) in [6, 6.07) is 0. The van der Waals surface area contributed by atoms with Crippen LogP contribution in [0.2, 0.25) is 0 Å². The molecule has 0 spiro atoms. The molecule has 74 valence electrons. The van der Waals surface area contributed by atoms with Gasteiger partial charge in [0, 0.05) is 37.1 Å². The summed E-state index contributed by atoms with van der Waals surface area (Å²) in [6.45, 7) is 0. The molecule has 8 nitrogen and oxygen atoms in total. The number of rotatable bonds is 0. The summed E-state index contributed by atoms with van der Waals surface area (Å²) in [5, 5.41) is 0. The summed E-state index contributed by atoms with van der Waals surface area (Å²) in [7, 11) is 0.